The van der Waals surface area contributed by atoms with Crippen LogP contribution in [-0.2, 0) is 13.0 Å². The van der Waals surface area contributed by atoms with E-state index in [0.29, 0.717) is 11.3 Å². The number of alkyl halides is 1. The van der Waals surface area contributed by atoms with Gasteiger partial charge in [-0.3, -0.25) is 0 Å². The van der Waals surface area contributed by atoms with Gasteiger partial charge >= 0.3 is 0 Å². The van der Waals surface area contributed by atoms with Crippen molar-refractivity contribution >= 4 is 34.2 Å². The fraction of sp³-hybridized carbons (Fsp3) is 0.562. The lowest BCUT2D eigenvalue weighted by Gasteiger charge is -2.25. The normalized spacial score (nSPS) is 17.9. The Morgan fingerprint density at radius 1 is 1.30 bits per heavy atom. The van der Waals surface area contributed by atoms with Crippen LogP contribution in [0, 0.1) is 5.41 Å². The molecule has 3 rings (SSSR count). The number of nitrogens with zero attached hydrogens (tertiary/aromatic N) is 2. The number of hydrogen-bond acceptors (Lipinski definition) is 1. The molecule has 0 bridgehead atoms. The smallest absolute Gasteiger partial charge is 0.111 e. The molecule has 1 aromatic carbocycles. The summed E-state index contributed by atoms with van der Waals surface area (Å²) in [5.41, 5.74) is 2.43. The van der Waals surface area contributed by atoms with Gasteiger partial charge in [-0.25, -0.2) is 4.98 Å². The number of rotatable bonds is 4. The van der Waals surface area contributed by atoms with E-state index in [9.17, 15) is 0 Å². The topological polar surface area (TPSA) is 17.8 Å². The van der Waals surface area contributed by atoms with Gasteiger partial charge in [-0.05, 0) is 30.4 Å². The minimum Gasteiger partial charge on any atom is -0.326 e. The van der Waals surface area contributed by atoms with Gasteiger partial charge in [-0.15, -0.1) is 11.6 Å². The van der Waals surface area contributed by atoms with Gasteiger partial charge in [0.25, 0.3) is 0 Å². The van der Waals surface area contributed by atoms with Crippen LogP contribution >= 0.6 is 23.2 Å². The molecular weight excluding hydrogens is 291 g/mol. The number of halogens is 2. The Balaban J connectivity index is 2.08. The average molecular weight is 311 g/mol. The van der Waals surface area contributed by atoms with E-state index < -0.39 is 0 Å². The summed E-state index contributed by atoms with van der Waals surface area (Å²) in [4.78, 5) is 4.73. The Morgan fingerprint density at radius 2 is 2.05 bits per heavy atom. The molecule has 2 nitrogen and oxygen atoms in total. The molecule has 1 saturated carbocycles. The fourth-order valence-corrected chi connectivity index (χ4v) is 3.84. The maximum Gasteiger partial charge on any atom is 0.111 e. The van der Waals surface area contributed by atoms with E-state index in [4.69, 9.17) is 28.2 Å². The molecule has 4 heteroatoms. The van der Waals surface area contributed by atoms with Crippen molar-refractivity contribution in [3.8, 4) is 0 Å². The zero-order chi connectivity index (χ0) is 14.2. The highest BCUT2D eigenvalue weighted by molar-refractivity contribution is 6.35. The first-order valence-electron chi connectivity index (χ1n) is 7.33. The van der Waals surface area contributed by atoms with Crippen LogP contribution < -0.4 is 0 Å². The maximum atomic E-state index is 6.41. The third-order valence-electron chi connectivity index (χ3n) is 4.47. The molecule has 0 radical (unpaired) electrons. The molecule has 1 fully saturated rings. The fourth-order valence-electron chi connectivity index (χ4n) is 3.40. The Bertz CT molecular complexity index is 612. The highest BCUT2D eigenvalue weighted by atomic mass is 35.5. The van der Waals surface area contributed by atoms with Gasteiger partial charge < -0.3 is 4.57 Å². The van der Waals surface area contributed by atoms with Crippen LogP contribution in [0.1, 0.15) is 38.4 Å². The summed E-state index contributed by atoms with van der Waals surface area (Å²) in [6.45, 7) is 3.38. The van der Waals surface area contributed by atoms with Crippen molar-refractivity contribution in [3.63, 3.8) is 0 Å². The van der Waals surface area contributed by atoms with Gasteiger partial charge in [-0.2, -0.15) is 0 Å². The number of benzene rings is 1. The van der Waals surface area contributed by atoms with Crippen LogP contribution in [-0.4, -0.2) is 15.4 Å². The molecule has 0 saturated heterocycles. The second kappa shape index (κ2) is 5.57. The van der Waals surface area contributed by atoms with Crippen LogP contribution in [0.3, 0.4) is 0 Å². The minimum atomic E-state index is 0.369. The van der Waals surface area contributed by atoms with Crippen molar-refractivity contribution in [1.82, 2.24) is 9.55 Å². The highest BCUT2D eigenvalue weighted by Gasteiger charge is 2.30. The van der Waals surface area contributed by atoms with E-state index in [1.807, 2.05) is 18.2 Å². The number of para-hydroxylation sites is 1. The van der Waals surface area contributed by atoms with Crippen LogP contribution in [0.5, 0.6) is 0 Å². The Labute approximate surface area is 130 Å². The van der Waals surface area contributed by atoms with Crippen LogP contribution in [0.4, 0.5) is 0 Å². The minimum absolute atomic E-state index is 0.369. The molecule has 2 aromatic rings. The Hall–Kier alpha value is -0.730. The molecule has 1 aliphatic carbocycles. The van der Waals surface area contributed by atoms with Gasteiger partial charge in [-0.1, -0.05) is 37.4 Å². The monoisotopic (exact) mass is 310 g/mol. The number of aryl methyl sites for hydroxylation is 1. The average Bonchev–Trinajstić information content (AvgIpc) is 2.97. The maximum absolute atomic E-state index is 6.41. The zero-order valence-corrected chi connectivity index (χ0v) is 13.3. The van der Waals surface area contributed by atoms with Gasteiger partial charge in [0.15, 0.2) is 0 Å². The number of imidazole rings is 1. The second-order valence-electron chi connectivity index (χ2n) is 6.18. The highest BCUT2D eigenvalue weighted by Crippen LogP contribution is 2.40. The molecule has 108 valence electrons. The summed E-state index contributed by atoms with van der Waals surface area (Å²) < 4.78 is 2.31. The first-order chi connectivity index (χ1) is 9.63. The Morgan fingerprint density at radius 3 is 2.75 bits per heavy atom. The lowest BCUT2D eigenvalue weighted by molar-refractivity contribution is 0.282. The number of hydrogen-bond donors (Lipinski definition) is 0. The summed E-state index contributed by atoms with van der Waals surface area (Å²) in [6.07, 6.45) is 6.04. The summed E-state index contributed by atoms with van der Waals surface area (Å²) >= 11 is 12.4. The van der Waals surface area contributed by atoms with Crippen molar-refractivity contribution < 1.29 is 0 Å². The summed E-state index contributed by atoms with van der Waals surface area (Å²) in [5, 5.41) is 0.789. The van der Waals surface area contributed by atoms with Crippen molar-refractivity contribution in [3.05, 3.63) is 29.0 Å². The number of fused-ring (bicyclic) bond motifs is 1. The third-order valence-corrected chi connectivity index (χ3v) is 4.96. The van der Waals surface area contributed by atoms with E-state index >= 15 is 0 Å². The second-order valence-corrected chi connectivity index (χ2v) is 6.96. The van der Waals surface area contributed by atoms with Crippen molar-refractivity contribution in [1.29, 1.82) is 0 Å². The number of aromatic nitrogens is 2. The summed E-state index contributed by atoms with van der Waals surface area (Å²) in [7, 11) is 0. The first-order valence-corrected chi connectivity index (χ1v) is 8.24. The zero-order valence-electron chi connectivity index (χ0n) is 11.8. The van der Waals surface area contributed by atoms with Crippen molar-refractivity contribution in [2.45, 2.75) is 45.6 Å². The lowest BCUT2D eigenvalue weighted by Crippen LogP contribution is -2.21. The van der Waals surface area contributed by atoms with Gasteiger partial charge in [0.1, 0.15) is 5.82 Å². The van der Waals surface area contributed by atoms with E-state index in [1.54, 1.807) is 0 Å². The summed E-state index contributed by atoms with van der Waals surface area (Å²) in [5.74, 6) is 1.66. The van der Waals surface area contributed by atoms with Crippen LogP contribution in [0.2, 0.25) is 5.02 Å². The van der Waals surface area contributed by atoms with Gasteiger partial charge in [0.05, 0.1) is 16.1 Å². The summed E-state index contributed by atoms with van der Waals surface area (Å²) in [6, 6.07) is 5.94. The molecular formula is C16H20Cl2N2. The van der Waals surface area contributed by atoms with E-state index in [-0.39, 0.29) is 0 Å². The molecule has 1 aromatic heterocycles. The van der Waals surface area contributed by atoms with Gasteiger partial charge in [0.2, 0.25) is 0 Å². The largest absolute Gasteiger partial charge is 0.326 e. The molecule has 0 unspecified atom stereocenters. The molecule has 0 aliphatic heterocycles. The first kappa shape index (κ1) is 14.2. The van der Waals surface area contributed by atoms with Crippen molar-refractivity contribution in [2.24, 2.45) is 5.41 Å². The molecule has 1 aliphatic rings. The lowest BCUT2D eigenvalue weighted by atomic mass is 9.88. The predicted molar refractivity (Wildman–Crippen MR) is 85.7 cm³/mol. The SMILES string of the molecule is CC1(Cn2c(CCCl)nc3cccc(Cl)c32)CCCC1. The molecule has 0 atom stereocenters. The van der Waals surface area contributed by atoms with Gasteiger partial charge in [0, 0.05) is 18.8 Å². The van der Waals surface area contributed by atoms with E-state index in [0.717, 1.165) is 34.8 Å². The molecule has 20 heavy (non-hydrogen) atoms. The predicted octanol–water partition coefficient (Wildman–Crippen LogP) is 5.05. The van der Waals surface area contributed by atoms with Crippen LogP contribution in [0.25, 0.3) is 11.0 Å². The molecule has 1 heterocycles. The van der Waals surface area contributed by atoms with Crippen molar-refractivity contribution in [2.75, 3.05) is 5.88 Å². The van der Waals surface area contributed by atoms with Crippen LogP contribution in [0.15, 0.2) is 18.2 Å². The Kier molecular flexibility index (Phi) is 3.96. The third kappa shape index (κ3) is 2.56. The van der Waals surface area contributed by atoms with E-state index in [2.05, 4.69) is 11.5 Å². The molecule has 0 N–H and O–H groups in total. The molecule has 0 amide bonds. The quantitative estimate of drug-likeness (QED) is 0.722. The molecule has 0 spiro atoms. The standard InChI is InChI=1S/C16H20Cl2N2/c1-16(8-2-3-9-16)11-20-14(7-10-17)19-13-6-4-5-12(18)15(13)20/h4-6H,2-3,7-11H2,1H3. The van der Waals surface area contributed by atoms with E-state index in [1.165, 1.54) is 25.7 Å².